The third-order valence-corrected chi connectivity index (χ3v) is 4.27. The van der Waals surface area contributed by atoms with Crippen LogP contribution in [0.2, 0.25) is 0 Å². The number of fused-ring (bicyclic) bond motifs is 3. The molecule has 2 aromatic heterocycles. The summed E-state index contributed by atoms with van der Waals surface area (Å²) < 4.78 is 2.38. The normalized spacial score (nSPS) is 10.5. The van der Waals surface area contributed by atoms with E-state index in [1.807, 2.05) is 30.3 Å². The maximum atomic E-state index is 12.4. The van der Waals surface area contributed by atoms with E-state index in [9.17, 15) is 10.1 Å². The molecule has 0 fully saturated rings. The van der Waals surface area contributed by atoms with Crippen LogP contribution < -0.4 is 5.56 Å². The Morgan fingerprint density at radius 1 is 1.16 bits per heavy atom. The highest BCUT2D eigenvalue weighted by molar-refractivity contribution is 7.24. The second-order valence-electron chi connectivity index (χ2n) is 4.11. The Morgan fingerprint density at radius 3 is 2.53 bits per heavy atom. The van der Waals surface area contributed by atoms with Crippen LogP contribution in [0.4, 0.5) is 0 Å². The SMILES string of the molecule is Cc1c(C#N)c(=O)n2c(sc3ccccc32)c1C#N. The van der Waals surface area contributed by atoms with Crippen LogP contribution in [-0.2, 0) is 0 Å². The van der Waals surface area contributed by atoms with Crippen molar-refractivity contribution < 1.29 is 0 Å². The molecule has 0 aliphatic heterocycles. The van der Waals surface area contributed by atoms with Crippen molar-refractivity contribution in [3.63, 3.8) is 0 Å². The zero-order valence-electron chi connectivity index (χ0n) is 9.97. The molecular formula is C14H7N3OS. The lowest BCUT2D eigenvalue weighted by atomic mass is 10.1. The summed E-state index contributed by atoms with van der Waals surface area (Å²) >= 11 is 1.39. The van der Waals surface area contributed by atoms with E-state index in [4.69, 9.17) is 5.26 Å². The summed E-state index contributed by atoms with van der Waals surface area (Å²) in [4.78, 5) is 13.0. The van der Waals surface area contributed by atoms with Gasteiger partial charge >= 0.3 is 0 Å². The molecule has 0 saturated heterocycles. The first kappa shape index (κ1) is 11.5. The summed E-state index contributed by atoms with van der Waals surface area (Å²) in [6.07, 6.45) is 0. The van der Waals surface area contributed by atoms with E-state index >= 15 is 0 Å². The minimum Gasteiger partial charge on any atom is -0.267 e. The predicted molar refractivity (Wildman–Crippen MR) is 73.2 cm³/mol. The number of pyridine rings is 1. The third-order valence-electron chi connectivity index (χ3n) is 3.12. The molecule has 0 bridgehead atoms. The van der Waals surface area contributed by atoms with Crippen molar-refractivity contribution in [2.24, 2.45) is 0 Å². The average molecular weight is 265 g/mol. The maximum absolute atomic E-state index is 12.4. The van der Waals surface area contributed by atoms with Gasteiger partial charge in [-0.25, -0.2) is 0 Å². The van der Waals surface area contributed by atoms with Crippen LogP contribution >= 0.6 is 11.3 Å². The lowest BCUT2D eigenvalue weighted by Gasteiger charge is -2.02. The van der Waals surface area contributed by atoms with Crippen molar-refractivity contribution in [3.05, 3.63) is 51.3 Å². The second-order valence-corrected chi connectivity index (χ2v) is 5.14. The van der Waals surface area contributed by atoms with Gasteiger partial charge in [0.1, 0.15) is 22.5 Å². The van der Waals surface area contributed by atoms with Gasteiger partial charge in [-0.05, 0) is 24.6 Å². The number of nitrogens with zero attached hydrogens (tertiary/aromatic N) is 3. The number of rotatable bonds is 0. The van der Waals surface area contributed by atoms with E-state index in [0.717, 1.165) is 10.2 Å². The molecule has 0 spiro atoms. The van der Waals surface area contributed by atoms with E-state index in [1.54, 1.807) is 6.92 Å². The average Bonchev–Trinajstić information content (AvgIpc) is 2.79. The first-order valence-electron chi connectivity index (χ1n) is 5.56. The van der Waals surface area contributed by atoms with Gasteiger partial charge in [0, 0.05) is 0 Å². The molecule has 1 aromatic carbocycles. The summed E-state index contributed by atoms with van der Waals surface area (Å²) in [5, 5.41) is 18.4. The fourth-order valence-electron chi connectivity index (χ4n) is 2.17. The van der Waals surface area contributed by atoms with Crippen LogP contribution in [0.25, 0.3) is 15.0 Å². The highest BCUT2D eigenvalue weighted by atomic mass is 32.1. The van der Waals surface area contributed by atoms with E-state index in [1.165, 1.54) is 15.7 Å². The Labute approximate surface area is 112 Å². The molecule has 19 heavy (non-hydrogen) atoms. The van der Waals surface area contributed by atoms with E-state index < -0.39 is 0 Å². The molecule has 0 N–H and O–H groups in total. The monoisotopic (exact) mass is 265 g/mol. The molecule has 0 aliphatic rings. The first-order valence-corrected chi connectivity index (χ1v) is 6.37. The molecule has 0 amide bonds. The Kier molecular flexibility index (Phi) is 2.38. The highest BCUT2D eigenvalue weighted by Crippen LogP contribution is 2.29. The first-order chi connectivity index (χ1) is 9.19. The van der Waals surface area contributed by atoms with Gasteiger partial charge in [-0.2, -0.15) is 10.5 Å². The third kappa shape index (κ3) is 1.40. The van der Waals surface area contributed by atoms with Crippen molar-refractivity contribution in [2.45, 2.75) is 6.92 Å². The van der Waals surface area contributed by atoms with Gasteiger partial charge in [0.2, 0.25) is 0 Å². The number of hydrogen-bond acceptors (Lipinski definition) is 4. The number of nitriles is 2. The molecule has 0 radical (unpaired) electrons. The number of hydrogen-bond donors (Lipinski definition) is 0. The molecule has 5 heteroatoms. The molecule has 4 nitrogen and oxygen atoms in total. The van der Waals surface area contributed by atoms with Gasteiger partial charge in [-0.3, -0.25) is 9.20 Å². The topological polar surface area (TPSA) is 69.1 Å². The van der Waals surface area contributed by atoms with Gasteiger partial charge in [0.05, 0.1) is 15.8 Å². The molecule has 90 valence electrons. The Morgan fingerprint density at radius 2 is 1.84 bits per heavy atom. The van der Waals surface area contributed by atoms with E-state index in [-0.39, 0.29) is 11.1 Å². The summed E-state index contributed by atoms with van der Waals surface area (Å²) in [5.41, 5.74) is 1.28. The number of benzene rings is 1. The van der Waals surface area contributed by atoms with Gasteiger partial charge in [0.25, 0.3) is 5.56 Å². The number of aromatic nitrogens is 1. The zero-order chi connectivity index (χ0) is 13.6. The van der Waals surface area contributed by atoms with Gasteiger partial charge in [-0.15, -0.1) is 11.3 Å². The van der Waals surface area contributed by atoms with Crippen molar-refractivity contribution in [1.29, 1.82) is 10.5 Å². The molecule has 0 atom stereocenters. The number of para-hydroxylation sites is 1. The number of thiazole rings is 1. The van der Waals surface area contributed by atoms with Gasteiger partial charge < -0.3 is 0 Å². The smallest absolute Gasteiger partial charge is 0.267 e. The Hall–Kier alpha value is -2.63. The Balaban J connectivity index is 2.74. The maximum Gasteiger partial charge on any atom is 0.274 e. The molecule has 0 unspecified atom stereocenters. The molecule has 3 rings (SSSR count). The molecular weight excluding hydrogens is 258 g/mol. The lowest BCUT2D eigenvalue weighted by Crippen LogP contribution is -2.18. The molecule has 0 saturated carbocycles. The predicted octanol–water partition coefficient (Wildman–Crippen LogP) is 2.57. The van der Waals surface area contributed by atoms with Gasteiger partial charge in [-0.1, -0.05) is 12.1 Å². The standard InChI is InChI=1S/C14H7N3OS/c1-8-9(6-15)13(18)17-11-4-2-3-5-12(11)19-14(17)10(8)7-16/h2-5H,1H3. The van der Waals surface area contributed by atoms with Crippen molar-refractivity contribution in [1.82, 2.24) is 4.40 Å². The van der Waals surface area contributed by atoms with Crippen molar-refractivity contribution in [3.8, 4) is 12.1 Å². The second kappa shape index (κ2) is 3.94. The minimum absolute atomic E-state index is 0.0394. The van der Waals surface area contributed by atoms with Crippen LogP contribution in [0.15, 0.2) is 29.1 Å². The molecule has 3 aromatic rings. The highest BCUT2D eigenvalue weighted by Gasteiger charge is 2.18. The lowest BCUT2D eigenvalue weighted by molar-refractivity contribution is 1.13. The summed E-state index contributed by atoms with van der Waals surface area (Å²) in [6.45, 7) is 1.64. The van der Waals surface area contributed by atoms with E-state index in [2.05, 4.69) is 6.07 Å². The van der Waals surface area contributed by atoms with Gasteiger partial charge in [0.15, 0.2) is 0 Å². The zero-order valence-corrected chi connectivity index (χ0v) is 10.8. The largest absolute Gasteiger partial charge is 0.274 e. The minimum atomic E-state index is -0.355. The fraction of sp³-hybridized carbons (Fsp3) is 0.0714. The van der Waals surface area contributed by atoms with E-state index in [0.29, 0.717) is 16.0 Å². The fourth-order valence-corrected chi connectivity index (χ4v) is 3.36. The van der Waals surface area contributed by atoms with Crippen LogP contribution in [0, 0.1) is 29.6 Å². The summed E-state index contributed by atoms with van der Waals surface area (Å²) in [6, 6.07) is 11.4. The summed E-state index contributed by atoms with van der Waals surface area (Å²) in [7, 11) is 0. The van der Waals surface area contributed by atoms with Crippen molar-refractivity contribution in [2.75, 3.05) is 0 Å². The van der Waals surface area contributed by atoms with Crippen molar-refractivity contribution >= 4 is 26.4 Å². The quantitative estimate of drug-likeness (QED) is 0.627. The van der Waals surface area contributed by atoms with Crippen LogP contribution in [-0.4, -0.2) is 4.40 Å². The van der Waals surface area contributed by atoms with Crippen LogP contribution in [0.3, 0.4) is 0 Å². The summed E-state index contributed by atoms with van der Waals surface area (Å²) in [5.74, 6) is 0. The van der Waals surface area contributed by atoms with Crippen LogP contribution in [0.5, 0.6) is 0 Å². The van der Waals surface area contributed by atoms with Crippen LogP contribution in [0.1, 0.15) is 16.7 Å². The molecule has 0 aliphatic carbocycles. The molecule has 2 heterocycles. The Bertz CT molecular complexity index is 967.